The van der Waals surface area contributed by atoms with Gasteiger partial charge in [0.25, 0.3) is 11.8 Å². The topological polar surface area (TPSA) is 138 Å². The third-order valence-electron chi connectivity index (χ3n) is 4.34. The van der Waals surface area contributed by atoms with E-state index >= 15 is 0 Å². The van der Waals surface area contributed by atoms with Crippen LogP contribution in [-0.2, 0) is 35.3 Å². The molecule has 0 aliphatic carbocycles. The van der Waals surface area contributed by atoms with Crippen LogP contribution in [-0.4, -0.2) is 46.7 Å². The van der Waals surface area contributed by atoms with Crippen molar-refractivity contribution >= 4 is 30.0 Å². The van der Waals surface area contributed by atoms with Crippen LogP contribution in [0.1, 0.15) is 57.2 Å². The zero-order chi connectivity index (χ0) is 24.9. The number of hydrogen-bond acceptors (Lipinski definition) is 9. The molecule has 1 aliphatic rings. The molecule has 3 amide bonds. The number of hydrogen-bond donors (Lipinski definition) is 1. The molecular weight excluding hydrogens is 436 g/mol. The first-order valence-corrected chi connectivity index (χ1v) is 10.3. The molecule has 1 aliphatic heterocycles. The lowest BCUT2D eigenvalue weighted by atomic mass is 10.1. The van der Waals surface area contributed by atoms with Gasteiger partial charge >= 0.3 is 18.2 Å². The van der Waals surface area contributed by atoms with Crippen molar-refractivity contribution < 1.29 is 43.0 Å². The van der Waals surface area contributed by atoms with Gasteiger partial charge in [-0.3, -0.25) is 14.4 Å². The van der Waals surface area contributed by atoms with E-state index in [1.807, 2.05) is 0 Å². The molecule has 1 fully saturated rings. The number of alkyl carbamates (subject to hydrolysis) is 1. The number of ether oxygens (including phenoxy) is 3. The fourth-order valence-corrected chi connectivity index (χ4v) is 2.92. The molecule has 1 aromatic carbocycles. The van der Waals surface area contributed by atoms with Gasteiger partial charge in [0, 0.05) is 12.8 Å². The molecule has 180 valence electrons. The minimum atomic E-state index is -1.19. The highest BCUT2D eigenvalue weighted by Crippen LogP contribution is 2.26. The molecule has 1 saturated heterocycles. The molecule has 11 nitrogen and oxygen atoms in total. The molecule has 1 unspecified atom stereocenters. The van der Waals surface area contributed by atoms with E-state index in [4.69, 9.17) is 14.2 Å². The lowest BCUT2D eigenvalue weighted by Gasteiger charge is -2.21. The zero-order valence-corrected chi connectivity index (χ0v) is 19.5. The maximum absolute atomic E-state index is 12.4. The second kappa shape index (κ2) is 10.3. The highest BCUT2D eigenvalue weighted by Gasteiger charge is 2.33. The summed E-state index contributed by atoms with van der Waals surface area (Å²) < 4.78 is 15.5. The normalized spacial score (nSPS) is 14.5. The van der Waals surface area contributed by atoms with E-state index in [-0.39, 0.29) is 19.4 Å². The van der Waals surface area contributed by atoms with Crippen molar-refractivity contribution in [2.45, 2.75) is 72.6 Å². The number of hydroxylamine groups is 2. The Kier molecular flexibility index (Phi) is 8.02. The zero-order valence-electron chi connectivity index (χ0n) is 19.5. The van der Waals surface area contributed by atoms with Gasteiger partial charge in [-0.25, -0.2) is 14.4 Å². The van der Waals surface area contributed by atoms with E-state index in [2.05, 4.69) is 10.2 Å². The van der Waals surface area contributed by atoms with Crippen LogP contribution in [0.25, 0.3) is 0 Å². The van der Waals surface area contributed by atoms with Crippen molar-refractivity contribution in [3.63, 3.8) is 0 Å². The van der Waals surface area contributed by atoms with Crippen LogP contribution in [0.2, 0.25) is 0 Å². The quantitative estimate of drug-likeness (QED) is 0.382. The fourth-order valence-electron chi connectivity index (χ4n) is 2.92. The average Bonchev–Trinajstić information content (AvgIpc) is 2.99. The van der Waals surface area contributed by atoms with Crippen LogP contribution < -0.4 is 10.1 Å². The predicted molar refractivity (Wildman–Crippen MR) is 113 cm³/mol. The fraction of sp³-hybridized carbons (Fsp3) is 0.500. The van der Waals surface area contributed by atoms with Gasteiger partial charge in [0.2, 0.25) is 0 Å². The summed E-state index contributed by atoms with van der Waals surface area (Å²) in [6.45, 7) is 9.80. The first-order valence-electron chi connectivity index (χ1n) is 10.3. The molecule has 0 saturated carbocycles. The van der Waals surface area contributed by atoms with Crippen LogP contribution in [0.15, 0.2) is 12.1 Å². The molecule has 0 bridgehead atoms. The summed E-state index contributed by atoms with van der Waals surface area (Å²) in [7, 11) is 0. The number of esters is 1. The number of carbonyl (C=O) groups excluding carboxylic acids is 5. The van der Waals surface area contributed by atoms with E-state index in [0.29, 0.717) is 27.5 Å². The molecule has 1 atom stereocenters. The summed E-state index contributed by atoms with van der Waals surface area (Å²) in [6, 6.07) is 2.33. The third kappa shape index (κ3) is 7.48. The minimum Gasteiger partial charge on any atom is -0.444 e. The number of amides is 3. The highest BCUT2D eigenvalue weighted by molar-refractivity contribution is 6.01. The standard InChI is InChI=1S/C22H28N2O9/c1-12-9-15(11-30-21(29)33-24-16(25)7-8-17(24)26)10-13(2)18(12)31-19(27)14(3)23-20(28)32-22(4,5)6/h9-10,14H,7-8,11H2,1-6H3,(H,23,28). The molecule has 2 rings (SSSR count). The van der Waals surface area contributed by atoms with Crippen molar-refractivity contribution in [1.82, 2.24) is 10.4 Å². The Labute approximate surface area is 191 Å². The Morgan fingerprint density at radius 2 is 1.61 bits per heavy atom. The first kappa shape index (κ1) is 25.6. The highest BCUT2D eigenvalue weighted by atomic mass is 16.8. The summed E-state index contributed by atoms with van der Waals surface area (Å²) in [5.41, 5.74) is 1.04. The smallest absolute Gasteiger partial charge is 0.444 e. The summed E-state index contributed by atoms with van der Waals surface area (Å²) >= 11 is 0. The molecule has 33 heavy (non-hydrogen) atoms. The molecule has 0 aromatic heterocycles. The van der Waals surface area contributed by atoms with E-state index in [0.717, 1.165) is 0 Å². The molecule has 0 spiro atoms. The summed E-state index contributed by atoms with van der Waals surface area (Å²) in [5.74, 6) is -1.59. The van der Waals surface area contributed by atoms with Crippen molar-refractivity contribution in [2.75, 3.05) is 0 Å². The predicted octanol–water partition coefficient (Wildman–Crippen LogP) is 2.84. The summed E-state index contributed by atoms with van der Waals surface area (Å²) in [5, 5.41) is 2.81. The molecule has 11 heteroatoms. The largest absolute Gasteiger partial charge is 0.534 e. The number of carbonyl (C=O) groups is 5. The van der Waals surface area contributed by atoms with Crippen LogP contribution in [0.5, 0.6) is 5.75 Å². The minimum absolute atomic E-state index is 0.0173. The van der Waals surface area contributed by atoms with E-state index in [9.17, 15) is 24.0 Å². The van der Waals surface area contributed by atoms with E-state index in [1.54, 1.807) is 46.8 Å². The number of nitrogens with one attached hydrogen (secondary N) is 1. The van der Waals surface area contributed by atoms with Gasteiger partial charge < -0.3 is 19.5 Å². The van der Waals surface area contributed by atoms with E-state index < -0.39 is 41.7 Å². The Hall–Kier alpha value is -3.63. The lowest BCUT2D eigenvalue weighted by Crippen LogP contribution is -2.43. The van der Waals surface area contributed by atoms with Gasteiger partial charge in [-0.1, -0.05) is 5.06 Å². The number of nitrogens with zero attached hydrogens (tertiary/aromatic N) is 1. The van der Waals surface area contributed by atoms with Gasteiger partial charge in [0.05, 0.1) is 0 Å². The molecule has 1 N–H and O–H groups in total. The summed E-state index contributed by atoms with van der Waals surface area (Å²) in [4.78, 5) is 63.6. The number of benzene rings is 1. The van der Waals surface area contributed by atoms with Crippen LogP contribution in [0, 0.1) is 13.8 Å². The van der Waals surface area contributed by atoms with Crippen LogP contribution >= 0.6 is 0 Å². The van der Waals surface area contributed by atoms with Gasteiger partial charge in [0.15, 0.2) is 0 Å². The number of aryl methyl sites for hydroxylation is 2. The van der Waals surface area contributed by atoms with Gasteiger partial charge in [-0.2, -0.15) is 0 Å². The Bertz CT molecular complexity index is 926. The molecule has 0 radical (unpaired) electrons. The Balaban J connectivity index is 1.94. The Morgan fingerprint density at radius 1 is 1.06 bits per heavy atom. The first-order chi connectivity index (χ1) is 15.3. The Morgan fingerprint density at radius 3 is 2.12 bits per heavy atom. The van der Waals surface area contributed by atoms with Crippen molar-refractivity contribution in [2.24, 2.45) is 0 Å². The van der Waals surface area contributed by atoms with Crippen LogP contribution in [0.4, 0.5) is 9.59 Å². The SMILES string of the molecule is Cc1cc(COC(=O)ON2C(=O)CCC2=O)cc(C)c1OC(=O)C(C)NC(=O)OC(C)(C)C. The van der Waals surface area contributed by atoms with Crippen molar-refractivity contribution in [1.29, 1.82) is 0 Å². The monoisotopic (exact) mass is 464 g/mol. The van der Waals surface area contributed by atoms with Gasteiger partial charge in [-0.15, -0.1) is 0 Å². The van der Waals surface area contributed by atoms with Gasteiger partial charge in [-0.05, 0) is 70.4 Å². The average molecular weight is 464 g/mol. The molecule has 1 heterocycles. The summed E-state index contributed by atoms with van der Waals surface area (Å²) in [6.07, 6.45) is -1.96. The van der Waals surface area contributed by atoms with Crippen molar-refractivity contribution in [3.8, 4) is 5.75 Å². The van der Waals surface area contributed by atoms with Gasteiger partial charge in [0.1, 0.15) is 24.0 Å². The third-order valence-corrected chi connectivity index (χ3v) is 4.34. The molecular formula is C22H28N2O9. The second-order valence-electron chi connectivity index (χ2n) is 8.56. The lowest BCUT2D eigenvalue weighted by molar-refractivity contribution is -0.177. The maximum Gasteiger partial charge on any atom is 0.534 e. The van der Waals surface area contributed by atoms with E-state index in [1.165, 1.54) is 6.92 Å². The number of rotatable bonds is 6. The van der Waals surface area contributed by atoms with Crippen molar-refractivity contribution in [3.05, 3.63) is 28.8 Å². The molecule has 1 aromatic rings. The number of imide groups is 1. The maximum atomic E-state index is 12.4. The van der Waals surface area contributed by atoms with Crippen LogP contribution in [0.3, 0.4) is 0 Å². The second-order valence-corrected chi connectivity index (χ2v) is 8.56.